The van der Waals surface area contributed by atoms with E-state index in [0.717, 1.165) is 0 Å². The number of aliphatic hydroxyl groups is 1. The van der Waals surface area contributed by atoms with Gasteiger partial charge in [-0.1, -0.05) is 13.8 Å². The van der Waals surface area contributed by atoms with Crippen molar-refractivity contribution in [2.24, 2.45) is 0 Å². The highest BCUT2D eigenvalue weighted by Gasteiger charge is 2.40. The smallest absolute Gasteiger partial charge is 0.306 e. The van der Waals surface area contributed by atoms with Crippen molar-refractivity contribution in [3.05, 3.63) is 0 Å². The monoisotopic (exact) mass is 260 g/mol. The number of aliphatic hydroxyl groups excluding tert-OH is 1. The van der Waals surface area contributed by atoms with E-state index < -0.39 is 24.6 Å². The van der Waals surface area contributed by atoms with Gasteiger partial charge < -0.3 is 19.3 Å². The maximum Gasteiger partial charge on any atom is 0.306 e. The summed E-state index contributed by atoms with van der Waals surface area (Å²) in [6.07, 6.45) is -2.28. The first-order valence-electron chi connectivity index (χ1n) is 6.20. The van der Waals surface area contributed by atoms with Gasteiger partial charge in [-0.3, -0.25) is 9.59 Å². The molecule has 1 N–H and O–H groups in total. The van der Waals surface area contributed by atoms with Gasteiger partial charge in [-0.05, 0) is 6.92 Å². The average Bonchev–Trinajstić information content (AvgIpc) is 2.32. The lowest BCUT2D eigenvalue weighted by Crippen LogP contribution is -2.50. The Balaban J connectivity index is 2.71. The van der Waals surface area contributed by atoms with Gasteiger partial charge in [0.25, 0.3) is 0 Å². The maximum atomic E-state index is 11.3. The molecule has 18 heavy (non-hydrogen) atoms. The lowest BCUT2D eigenvalue weighted by atomic mass is 10.0. The van der Waals surface area contributed by atoms with Crippen LogP contribution in [0.25, 0.3) is 0 Å². The molecule has 0 aromatic carbocycles. The van der Waals surface area contributed by atoms with E-state index in [4.69, 9.17) is 14.2 Å². The van der Waals surface area contributed by atoms with Gasteiger partial charge >= 0.3 is 11.9 Å². The van der Waals surface area contributed by atoms with Crippen LogP contribution < -0.4 is 0 Å². The summed E-state index contributed by atoms with van der Waals surface area (Å²) < 4.78 is 15.6. The zero-order valence-electron chi connectivity index (χ0n) is 10.9. The summed E-state index contributed by atoms with van der Waals surface area (Å²) in [5.74, 6) is -0.775. The van der Waals surface area contributed by atoms with Crippen LogP contribution in [-0.4, -0.2) is 41.6 Å². The minimum atomic E-state index is -1.01. The van der Waals surface area contributed by atoms with Crippen LogP contribution in [0, 0.1) is 0 Å². The predicted octanol–water partition coefficient (Wildman–Crippen LogP) is 0.757. The first-order valence-corrected chi connectivity index (χ1v) is 6.20. The quantitative estimate of drug-likeness (QED) is 0.751. The fraction of sp³-hybridized carbons (Fsp3) is 0.833. The summed E-state index contributed by atoms with van der Waals surface area (Å²) in [7, 11) is 0. The molecular weight excluding hydrogens is 240 g/mol. The molecule has 0 aliphatic carbocycles. The lowest BCUT2D eigenvalue weighted by molar-refractivity contribution is -0.242. The zero-order chi connectivity index (χ0) is 13.7. The third-order valence-corrected chi connectivity index (χ3v) is 2.76. The molecule has 0 saturated carbocycles. The van der Waals surface area contributed by atoms with Crippen molar-refractivity contribution in [1.82, 2.24) is 0 Å². The minimum Gasteiger partial charge on any atom is -0.458 e. The molecule has 0 bridgehead atoms. The summed E-state index contributed by atoms with van der Waals surface area (Å²) in [4.78, 5) is 22.6. The fourth-order valence-corrected chi connectivity index (χ4v) is 1.79. The van der Waals surface area contributed by atoms with Gasteiger partial charge in [-0.2, -0.15) is 0 Å². The molecule has 1 aliphatic rings. The molecule has 1 aliphatic heterocycles. The fourth-order valence-electron chi connectivity index (χ4n) is 1.79. The molecule has 1 saturated heterocycles. The van der Waals surface area contributed by atoms with Crippen LogP contribution in [0.1, 0.15) is 40.0 Å². The highest BCUT2D eigenvalue weighted by Crippen LogP contribution is 2.24. The summed E-state index contributed by atoms with van der Waals surface area (Å²) in [5, 5.41) is 9.49. The van der Waals surface area contributed by atoms with E-state index in [1.54, 1.807) is 20.8 Å². The summed E-state index contributed by atoms with van der Waals surface area (Å²) in [5.41, 5.74) is 0. The highest BCUT2D eigenvalue weighted by atomic mass is 16.7. The third kappa shape index (κ3) is 3.96. The van der Waals surface area contributed by atoms with E-state index in [1.807, 2.05) is 0 Å². The molecule has 1 heterocycles. The van der Waals surface area contributed by atoms with Crippen LogP contribution >= 0.6 is 0 Å². The standard InChI is InChI=1S/C12H20O6/c1-4-9(13)17-8-6-11(15)16-7(3)12(8)18-10(14)5-2/h7-8,11-12,15H,4-6H2,1-3H3/t7-,8-,11?,12-/m0/s1. The van der Waals surface area contributed by atoms with Gasteiger partial charge in [0.1, 0.15) is 6.10 Å². The van der Waals surface area contributed by atoms with E-state index in [1.165, 1.54) is 0 Å². The number of hydrogen-bond acceptors (Lipinski definition) is 6. The average molecular weight is 260 g/mol. The number of esters is 2. The van der Waals surface area contributed by atoms with Crippen molar-refractivity contribution in [3.8, 4) is 0 Å². The molecule has 0 aromatic heterocycles. The van der Waals surface area contributed by atoms with Crippen LogP contribution in [0.15, 0.2) is 0 Å². The van der Waals surface area contributed by atoms with Crippen molar-refractivity contribution in [2.45, 2.75) is 64.6 Å². The van der Waals surface area contributed by atoms with E-state index in [0.29, 0.717) is 0 Å². The molecule has 0 aromatic rings. The third-order valence-electron chi connectivity index (χ3n) is 2.76. The Hall–Kier alpha value is -1.14. The van der Waals surface area contributed by atoms with E-state index >= 15 is 0 Å². The SMILES string of the molecule is CCC(=O)O[C@H]1[C@H](C)OC(O)C[C@@H]1OC(=O)CC. The molecule has 0 radical (unpaired) electrons. The van der Waals surface area contributed by atoms with Crippen LogP contribution in [0.5, 0.6) is 0 Å². The van der Waals surface area contributed by atoms with Gasteiger partial charge in [-0.15, -0.1) is 0 Å². The van der Waals surface area contributed by atoms with Gasteiger partial charge in [0.05, 0.1) is 6.10 Å². The Kier molecular flexibility index (Phi) is 5.55. The van der Waals surface area contributed by atoms with Crippen LogP contribution in [-0.2, 0) is 23.8 Å². The molecule has 1 fully saturated rings. The number of ether oxygens (including phenoxy) is 3. The van der Waals surface area contributed by atoms with Crippen molar-refractivity contribution in [3.63, 3.8) is 0 Å². The largest absolute Gasteiger partial charge is 0.458 e. The number of hydrogen-bond donors (Lipinski definition) is 1. The first-order chi connectivity index (χ1) is 8.47. The maximum absolute atomic E-state index is 11.3. The second kappa shape index (κ2) is 6.70. The second-order valence-electron chi connectivity index (χ2n) is 4.22. The van der Waals surface area contributed by atoms with Gasteiger partial charge in [0, 0.05) is 19.3 Å². The molecule has 4 atom stereocenters. The number of rotatable bonds is 4. The van der Waals surface area contributed by atoms with Crippen molar-refractivity contribution in [2.75, 3.05) is 0 Å². The zero-order valence-corrected chi connectivity index (χ0v) is 10.9. The normalized spacial score (nSPS) is 31.8. The predicted molar refractivity (Wildman–Crippen MR) is 61.5 cm³/mol. The Morgan fingerprint density at radius 2 is 1.78 bits per heavy atom. The molecule has 0 spiro atoms. The van der Waals surface area contributed by atoms with Gasteiger partial charge in [0.2, 0.25) is 0 Å². The molecule has 0 amide bonds. The Bertz CT molecular complexity index is 303. The molecule has 6 heteroatoms. The van der Waals surface area contributed by atoms with Crippen LogP contribution in [0.4, 0.5) is 0 Å². The van der Waals surface area contributed by atoms with Crippen LogP contribution in [0.3, 0.4) is 0 Å². The first kappa shape index (κ1) is 14.9. The Morgan fingerprint density at radius 1 is 1.22 bits per heavy atom. The second-order valence-corrected chi connectivity index (χ2v) is 4.22. The van der Waals surface area contributed by atoms with Crippen LogP contribution in [0.2, 0.25) is 0 Å². The topological polar surface area (TPSA) is 82.1 Å². The van der Waals surface area contributed by atoms with Gasteiger partial charge in [0.15, 0.2) is 12.4 Å². The Morgan fingerprint density at radius 3 is 2.33 bits per heavy atom. The molecule has 1 rings (SSSR count). The summed E-state index contributed by atoms with van der Waals surface area (Å²) in [6, 6.07) is 0. The minimum absolute atomic E-state index is 0.109. The number of carbonyl (C=O) groups excluding carboxylic acids is 2. The molecule has 6 nitrogen and oxygen atoms in total. The van der Waals surface area contributed by atoms with E-state index in [-0.39, 0.29) is 31.2 Å². The molecular formula is C12H20O6. The van der Waals surface area contributed by atoms with Crippen molar-refractivity contribution >= 4 is 11.9 Å². The Labute approximate surface area is 106 Å². The lowest BCUT2D eigenvalue weighted by Gasteiger charge is -2.37. The molecule has 1 unspecified atom stereocenters. The van der Waals surface area contributed by atoms with Gasteiger partial charge in [-0.25, -0.2) is 0 Å². The van der Waals surface area contributed by atoms with E-state index in [9.17, 15) is 14.7 Å². The highest BCUT2D eigenvalue weighted by molar-refractivity contribution is 5.70. The van der Waals surface area contributed by atoms with Crippen molar-refractivity contribution < 1.29 is 28.9 Å². The summed E-state index contributed by atoms with van der Waals surface area (Å²) in [6.45, 7) is 5.02. The number of carbonyl (C=O) groups is 2. The van der Waals surface area contributed by atoms with E-state index in [2.05, 4.69) is 0 Å². The molecule has 104 valence electrons. The summed E-state index contributed by atoms with van der Waals surface area (Å²) >= 11 is 0. The van der Waals surface area contributed by atoms with Crippen molar-refractivity contribution in [1.29, 1.82) is 0 Å².